The molecule has 4 rings (SSSR count). The van der Waals surface area contributed by atoms with Gasteiger partial charge in [-0.2, -0.15) is 9.29 Å². The van der Waals surface area contributed by atoms with Gasteiger partial charge in [-0.25, -0.2) is 17.8 Å². The van der Waals surface area contributed by atoms with E-state index < -0.39 is 15.8 Å². The van der Waals surface area contributed by atoms with Gasteiger partial charge in [0.05, 0.1) is 23.1 Å². The van der Waals surface area contributed by atoms with E-state index in [0.717, 1.165) is 31.0 Å². The number of rotatable bonds is 4. The number of sulfonamides is 1. The van der Waals surface area contributed by atoms with Crippen LogP contribution in [0.2, 0.25) is 5.02 Å². The highest BCUT2D eigenvalue weighted by atomic mass is 35.5. The molecule has 156 valence electrons. The van der Waals surface area contributed by atoms with Gasteiger partial charge in [0.1, 0.15) is 11.6 Å². The van der Waals surface area contributed by atoms with E-state index in [1.54, 1.807) is 6.20 Å². The Morgan fingerprint density at radius 2 is 1.72 bits per heavy atom. The predicted molar refractivity (Wildman–Crippen MR) is 107 cm³/mol. The lowest BCUT2D eigenvalue weighted by Crippen LogP contribution is -2.49. The number of piperazine rings is 1. The molecule has 3 heterocycles. The summed E-state index contributed by atoms with van der Waals surface area (Å²) in [6.45, 7) is 4.38. The third-order valence-electron chi connectivity index (χ3n) is 5.01. The molecule has 0 saturated carbocycles. The molecular formula is C18H21ClFN5O3S. The molecule has 0 aliphatic carbocycles. The summed E-state index contributed by atoms with van der Waals surface area (Å²) in [4.78, 5) is 13.1. The molecule has 2 fully saturated rings. The van der Waals surface area contributed by atoms with Crippen LogP contribution in [-0.4, -0.2) is 75.2 Å². The first kappa shape index (κ1) is 20.3. The number of ether oxygens (including phenoxy) is 1. The number of hydrogen-bond acceptors (Lipinski definition) is 7. The Kier molecular flexibility index (Phi) is 5.86. The van der Waals surface area contributed by atoms with Crippen molar-refractivity contribution in [1.82, 2.24) is 14.3 Å². The topological polar surface area (TPSA) is 78.9 Å². The molecule has 0 N–H and O–H groups in total. The van der Waals surface area contributed by atoms with Crippen LogP contribution in [0.5, 0.6) is 0 Å². The first-order chi connectivity index (χ1) is 13.9. The molecule has 0 bridgehead atoms. The molecule has 0 amide bonds. The molecule has 0 radical (unpaired) electrons. The molecule has 2 saturated heterocycles. The summed E-state index contributed by atoms with van der Waals surface area (Å²) in [5, 5.41) is -0.207. The average molecular weight is 442 g/mol. The summed E-state index contributed by atoms with van der Waals surface area (Å²) < 4.78 is 45.8. The van der Waals surface area contributed by atoms with Crippen LogP contribution in [0.1, 0.15) is 0 Å². The molecule has 2 aliphatic heterocycles. The van der Waals surface area contributed by atoms with E-state index >= 15 is 0 Å². The third kappa shape index (κ3) is 4.30. The molecule has 2 aliphatic rings. The van der Waals surface area contributed by atoms with Gasteiger partial charge in [-0.15, -0.1) is 0 Å². The Morgan fingerprint density at radius 1 is 1.00 bits per heavy atom. The van der Waals surface area contributed by atoms with Gasteiger partial charge in [-0.1, -0.05) is 11.6 Å². The van der Waals surface area contributed by atoms with E-state index in [1.807, 2.05) is 11.0 Å². The van der Waals surface area contributed by atoms with E-state index in [1.165, 1.54) is 10.4 Å². The largest absolute Gasteiger partial charge is 0.378 e. The van der Waals surface area contributed by atoms with E-state index in [9.17, 15) is 12.8 Å². The zero-order valence-corrected chi connectivity index (χ0v) is 17.2. The molecule has 8 nitrogen and oxygen atoms in total. The Balaban J connectivity index is 1.44. The minimum absolute atomic E-state index is 0.00557. The highest BCUT2D eigenvalue weighted by molar-refractivity contribution is 7.89. The van der Waals surface area contributed by atoms with Crippen LogP contribution in [0.25, 0.3) is 0 Å². The van der Waals surface area contributed by atoms with Crippen molar-refractivity contribution in [3.63, 3.8) is 0 Å². The van der Waals surface area contributed by atoms with Crippen molar-refractivity contribution in [2.24, 2.45) is 0 Å². The molecule has 11 heteroatoms. The van der Waals surface area contributed by atoms with Gasteiger partial charge < -0.3 is 14.5 Å². The highest BCUT2D eigenvalue weighted by Gasteiger charge is 2.29. The lowest BCUT2D eigenvalue weighted by molar-refractivity contribution is 0.122. The summed E-state index contributed by atoms with van der Waals surface area (Å²) in [7, 11) is -3.73. The monoisotopic (exact) mass is 441 g/mol. The Bertz CT molecular complexity index is 979. The molecule has 29 heavy (non-hydrogen) atoms. The van der Waals surface area contributed by atoms with Crippen LogP contribution < -0.4 is 9.80 Å². The van der Waals surface area contributed by atoms with Crippen molar-refractivity contribution in [2.75, 3.05) is 62.3 Å². The summed E-state index contributed by atoms with van der Waals surface area (Å²) in [5.41, 5.74) is 0. The number of hydrogen-bond donors (Lipinski definition) is 0. The van der Waals surface area contributed by atoms with Gasteiger partial charge in [0.25, 0.3) is 0 Å². The first-order valence-corrected chi connectivity index (χ1v) is 11.1. The lowest BCUT2D eigenvalue weighted by atomic mass is 10.3. The number of anilines is 2. The van der Waals surface area contributed by atoms with Crippen molar-refractivity contribution >= 4 is 33.4 Å². The maximum absolute atomic E-state index is 13.4. The number of nitrogens with zero attached hydrogens (tertiary/aromatic N) is 5. The molecule has 2 aromatic rings. The standard InChI is InChI=1S/C18H21ClFN5O3S/c19-15-13-14(1-2-16(15)20)29(26,27)25-7-5-23(6-8-25)17-3-4-21-18(22-17)24-9-11-28-12-10-24/h1-4,13H,5-12H2. The number of benzene rings is 1. The summed E-state index contributed by atoms with van der Waals surface area (Å²) >= 11 is 5.75. The van der Waals surface area contributed by atoms with Crippen LogP contribution in [0.4, 0.5) is 16.2 Å². The number of aromatic nitrogens is 2. The zero-order valence-electron chi connectivity index (χ0n) is 15.7. The van der Waals surface area contributed by atoms with Crippen molar-refractivity contribution < 1.29 is 17.5 Å². The number of halogens is 2. The van der Waals surface area contributed by atoms with Crippen molar-refractivity contribution in [1.29, 1.82) is 0 Å². The molecular weight excluding hydrogens is 421 g/mol. The first-order valence-electron chi connectivity index (χ1n) is 9.31. The van der Waals surface area contributed by atoms with E-state index in [2.05, 4.69) is 14.9 Å². The van der Waals surface area contributed by atoms with Crippen LogP contribution in [0, 0.1) is 5.82 Å². The quantitative estimate of drug-likeness (QED) is 0.713. The minimum Gasteiger partial charge on any atom is -0.378 e. The predicted octanol–water partition coefficient (Wildman–Crippen LogP) is 1.62. The van der Waals surface area contributed by atoms with Gasteiger partial charge in [0, 0.05) is 45.5 Å². The highest BCUT2D eigenvalue weighted by Crippen LogP contribution is 2.24. The summed E-state index contributed by atoms with van der Waals surface area (Å²) in [6.07, 6.45) is 1.72. The fourth-order valence-corrected chi connectivity index (χ4v) is 5.07. The van der Waals surface area contributed by atoms with Crippen LogP contribution in [0.3, 0.4) is 0 Å². The minimum atomic E-state index is -3.73. The zero-order chi connectivity index (χ0) is 20.4. The third-order valence-corrected chi connectivity index (χ3v) is 7.20. The maximum Gasteiger partial charge on any atom is 0.243 e. The van der Waals surface area contributed by atoms with Gasteiger partial charge in [-0.3, -0.25) is 0 Å². The lowest BCUT2D eigenvalue weighted by Gasteiger charge is -2.35. The molecule has 0 unspecified atom stereocenters. The Labute approximate surface area is 173 Å². The molecule has 1 aromatic carbocycles. The van der Waals surface area contributed by atoms with Gasteiger partial charge >= 0.3 is 0 Å². The second kappa shape index (κ2) is 8.39. The van der Waals surface area contributed by atoms with E-state index in [0.29, 0.717) is 45.3 Å². The van der Waals surface area contributed by atoms with Crippen molar-refractivity contribution in [3.05, 3.63) is 41.3 Å². The second-order valence-corrected chi connectivity index (χ2v) is 9.13. The number of morpholine rings is 1. The maximum atomic E-state index is 13.4. The van der Waals surface area contributed by atoms with Crippen LogP contribution in [-0.2, 0) is 14.8 Å². The smallest absolute Gasteiger partial charge is 0.243 e. The summed E-state index contributed by atoms with van der Waals surface area (Å²) in [5.74, 6) is 0.778. The molecule has 1 aromatic heterocycles. The van der Waals surface area contributed by atoms with Gasteiger partial charge in [-0.05, 0) is 24.3 Å². The Hall–Kier alpha value is -2.01. The van der Waals surface area contributed by atoms with Gasteiger partial charge in [0.2, 0.25) is 16.0 Å². The average Bonchev–Trinajstić information content (AvgIpc) is 2.76. The normalized spacial score (nSPS) is 18.8. The molecule has 0 spiro atoms. The van der Waals surface area contributed by atoms with E-state index in [-0.39, 0.29) is 9.92 Å². The van der Waals surface area contributed by atoms with E-state index in [4.69, 9.17) is 16.3 Å². The fourth-order valence-electron chi connectivity index (χ4n) is 3.37. The Morgan fingerprint density at radius 3 is 2.41 bits per heavy atom. The fraction of sp³-hybridized carbons (Fsp3) is 0.444. The van der Waals surface area contributed by atoms with Crippen molar-refractivity contribution in [3.8, 4) is 0 Å². The molecule has 0 atom stereocenters. The van der Waals surface area contributed by atoms with Crippen molar-refractivity contribution in [2.45, 2.75) is 4.90 Å². The van der Waals surface area contributed by atoms with Crippen LogP contribution in [0.15, 0.2) is 35.4 Å². The van der Waals surface area contributed by atoms with Gasteiger partial charge in [0.15, 0.2) is 0 Å². The SMILES string of the molecule is O=S(=O)(c1ccc(F)c(Cl)c1)N1CCN(c2ccnc(N3CCOCC3)n2)CC1. The second-order valence-electron chi connectivity index (χ2n) is 6.78. The van der Waals surface area contributed by atoms with Crippen LogP contribution >= 0.6 is 11.6 Å². The summed E-state index contributed by atoms with van der Waals surface area (Å²) in [6, 6.07) is 5.28.